The number of hydrogen-bond donors (Lipinski definition) is 2. The van der Waals surface area contributed by atoms with Crippen LogP contribution in [0.15, 0.2) is 48.5 Å². The van der Waals surface area contributed by atoms with Crippen LogP contribution in [0.3, 0.4) is 0 Å². The number of carboxylic acids is 1. The summed E-state index contributed by atoms with van der Waals surface area (Å²) in [6, 6.07) is 15.3. The predicted molar refractivity (Wildman–Crippen MR) is 79.5 cm³/mol. The monoisotopic (exact) mass is 285 g/mol. The quantitative estimate of drug-likeness (QED) is 0.761. The minimum absolute atomic E-state index is 0.155. The van der Waals surface area contributed by atoms with Crippen LogP contribution < -0.4 is 0 Å². The third-order valence-corrected chi connectivity index (χ3v) is 3.62. The van der Waals surface area contributed by atoms with Gasteiger partial charge in [-0.15, -0.1) is 0 Å². The minimum Gasteiger partial charge on any atom is -0.477 e. The Labute approximate surface area is 120 Å². The Morgan fingerprint density at radius 1 is 1.15 bits per heavy atom. The van der Waals surface area contributed by atoms with Crippen LogP contribution in [0.25, 0.3) is 10.9 Å². The molecule has 0 saturated heterocycles. The summed E-state index contributed by atoms with van der Waals surface area (Å²) in [5, 5.41) is 10.4. The summed E-state index contributed by atoms with van der Waals surface area (Å²) in [5.74, 6) is -0.983. The summed E-state index contributed by atoms with van der Waals surface area (Å²) >= 11 is 6.14. The van der Waals surface area contributed by atoms with Crippen molar-refractivity contribution in [3.05, 3.63) is 70.4 Å². The number of benzene rings is 2. The molecule has 4 heteroatoms. The molecule has 20 heavy (non-hydrogen) atoms. The van der Waals surface area contributed by atoms with Crippen LogP contribution in [0.2, 0.25) is 5.02 Å². The Kier molecular flexibility index (Phi) is 3.20. The zero-order valence-electron chi connectivity index (χ0n) is 10.6. The van der Waals surface area contributed by atoms with Gasteiger partial charge in [0.25, 0.3) is 0 Å². The molecule has 0 bridgehead atoms. The van der Waals surface area contributed by atoms with Crippen molar-refractivity contribution >= 4 is 28.5 Å². The molecule has 1 aromatic heterocycles. The summed E-state index contributed by atoms with van der Waals surface area (Å²) < 4.78 is 0. The number of aromatic carboxylic acids is 1. The van der Waals surface area contributed by atoms with Crippen molar-refractivity contribution in [1.29, 1.82) is 0 Å². The Morgan fingerprint density at radius 2 is 1.90 bits per heavy atom. The highest BCUT2D eigenvalue weighted by Crippen LogP contribution is 2.28. The lowest BCUT2D eigenvalue weighted by Crippen LogP contribution is -1.95. The van der Waals surface area contributed by atoms with Crippen LogP contribution in [0, 0.1) is 0 Å². The molecule has 0 radical (unpaired) electrons. The molecule has 0 aliphatic rings. The zero-order chi connectivity index (χ0) is 14.1. The summed E-state index contributed by atoms with van der Waals surface area (Å²) in [4.78, 5) is 14.0. The van der Waals surface area contributed by atoms with Crippen molar-refractivity contribution in [2.75, 3.05) is 0 Å². The first-order chi connectivity index (χ1) is 9.65. The van der Waals surface area contributed by atoms with Gasteiger partial charge < -0.3 is 10.1 Å². The van der Waals surface area contributed by atoms with Gasteiger partial charge in [-0.05, 0) is 29.7 Å². The van der Waals surface area contributed by atoms with Gasteiger partial charge in [0.1, 0.15) is 5.69 Å². The molecule has 0 spiro atoms. The lowest BCUT2D eigenvalue weighted by atomic mass is 10.0. The number of carbonyl (C=O) groups is 1. The second-order valence-corrected chi connectivity index (χ2v) is 5.05. The van der Waals surface area contributed by atoms with E-state index < -0.39 is 5.97 Å². The van der Waals surface area contributed by atoms with Gasteiger partial charge in [0.05, 0.1) is 5.52 Å². The van der Waals surface area contributed by atoms with Crippen LogP contribution in [0.1, 0.15) is 21.6 Å². The van der Waals surface area contributed by atoms with E-state index in [-0.39, 0.29) is 5.69 Å². The Morgan fingerprint density at radius 3 is 2.60 bits per heavy atom. The van der Waals surface area contributed by atoms with E-state index in [9.17, 15) is 4.79 Å². The predicted octanol–water partition coefficient (Wildman–Crippen LogP) is 4.11. The van der Waals surface area contributed by atoms with Crippen molar-refractivity contribution in [3.63, 3.8) is 0 Å². The summed E-state index contributed by atoms with van der Waals surface area (Å²) in [6.07, 6.45) is 0.730. The van der Waals surface area contributed by atoms with Gasteiger partial charge in [-0.2, -0.15) is 0 Å². The van der Waals surface area contributed by atoms with Crippen molar-refractivity contribution in [2.45, 2.75) is 6.42 Å². The van der Waals surface area contributed by atoms with E-state index in [4.69, 9.17) is 16.7 Å². The lowest BCUT2D eigenvalue weighted by Gasteiger charge is -2.05. The van der Waals surface area contributed by atoms with E-state index in [1.165, 1.54) is 5.56 Å². The number of rotatable bonds is 3. The number of fused-ring (bicyclic) bond motifs is 1. The molecule has 0 fully saturated rings. The zero-order valence-corrected chi connectivity index (χ0v) is 11.3. The summed E-state index contributed by atoms with van der Waals surface area (Å²) in [5.41, 5.74) is 3.15. The van der Waals surface area contributed by atoms with Crippen molar-refractivity contribution in [1.82, 2.24) is 4.98 Å². The fourth-order valence-corrected chi connectivity index (χ4v) is 2.53. The molecule has 3 aromatic rings. The summed E-state index contributed by atoms with van der Waals surface area (Å²) in [7, 11) is 0. The number of nitrogens with one attached hydrogen (secondary N) is 1. The average molecular weight is 286 g/mol. The fourth-order valence-electron chi connectivity index (χ4n) is 2.32. The average Bonchev–Trinajstić information content (AvgIpc) is 2.90. The second-order valence-electron chi connectivity index (χ2n) is 4.65. The van der Waals surface area contributed by atoms with E-state index in [1.54, 1.807) is 6.07 Å². The molecular formula is C16H12ClNO2. The molecule has 0 saturated carbocycles. The number of carboxylic acid groups (broad SMARTS) is 1. The first-order valence-corrected chi connectivity index (χ1v) is 6.60. The number of aromatic amines is 1. The van der Waals surface area contributed by atoms with Gasteiger partial charge in [0.2, 0.25) is 0 Å². The maximum atomic E-state index is 11.1. The van der Waals surface area contributed by atoms with Gasteiger partial charge in [-0.25, -0.2) is 4.79 Å². The van der Waals surface area contributed by atoms with E-state index in [0.717, 1.165) is 22.9 Å². The van der Waals surface area contributed by atoms with Crippen LogP contribution in [-0.2, 0) is 6.42 Å². The molecule has 2 N–H and O–H groups in total. The third kappa shape index (κ3) is 2.28. The van der Waals surface area contributed by atoms with Gasteiger partial charge in [-0.1, -0.05) is 48.0 Å². The van der Waals surface area contributed by atoms with Crippen molar-refractivity contribution in [2.24, 2.45) is 0 Å². The first-order valence-electron chi connectivity index (χ1n) is 6.22. The second kappa shape index (κ2) is 5.02. The Hall–Kier alpha value is -2.26. The topological polar surface area (TPSA) is 53.1 Å². The van der Waals surface area contributed by atoms with Gasteiger partial charge in [-0.3, -0.25) is 0 Å². The Bertz CT molecular complexity index is 778. The highest BCUT2D eigenvalue weighted by Gasteiger charge is 2.13. The van der Waals surface area contributed by atoms with E-state index in [2.05, 4.69) is 4.98 Å². The number of aromatic nitrogens is 1. The van der Waals surface area contributed by atoms with Gasteiger partial charge in [0, 0.05) is 10.4 Å². The molecule has 3 rings (SSSR count). The largest absolute Gasteiger partial charge is 0.477 e. The standard InChI is InChI=1S/C16H12ClNO2/c17-13-7-6-11(8-10-4-2-1-3-5-10)15-12(13)9-14(18-15)16(19)20/h1-7,9,18H,8H2,(H,19,20). The van der Waals surface area contributed by atoms with Crippen LogP contribution in [0.5, 0.6) is 0 Å². The smallest absolute Gasteiger partial charge is 0.352 e. The lowest BCUT2D eigenvalue weighted by molar-refractivity contribution is 0.0691. The minimum atomic E-state index is -0.983. The van der Waals surface area contributed by atoms with Gasteiger partial charge in [0.15, 0.2) is 0 Å². The molecule has 0 aliphatic carbocycles. The molecule has 3 nitrogen and oxygen atoms in total. The molecule has 0 amide bonds. The molecular weight excluding hydrogens is 274 g/mol. The van der Waals surface area contributed by atoms with E-state index >= 15 is 0 Å². The normalized spacial score (nSPS) is 10.8. The highest BCUT2D eigenvalue weighted by atomic mass is 35.5. The van der Waals surface area contributed by atoms with Crippen molar-refractivity contribution in [3.8, 4) is 0 Å². The number of halogens is 1. The molecule has 1 heterocycles. The Balaban J connectivity index is 2.11. The summed E-state index contributed by atoms with van der Waals surface area (Å²) in [6.45, 7) is 0. The van der Waals surface area contributed by atoms with Crippen LogP contribution in [0.4, 0.5) is 0 Å². The first kappa shape index (κ1) is 12.8. The molecule has 0 aliphatic heterocycles. The van der Waals surface area contributed by atoms with Crippen LogP contribution >= 0.6 is 11.6 Å². The maximum absolute atomic E-state index is 11.1. The molecule has 100 valence electrons. The van der Waals surface area contributed by atoms with E-state index in [0.29, 0.717) is 5.02 Å². The van der Waals surface area contributed by atoms with Crippen molar-refractivity contribution < 1.29 is 9.90 Å². The molecule has 2 aromatic carbocycles. The third-order valence-electron chi connectivity index (χ3n) is 3.29. The maximum Gasteiger partial charge on any atom is 0.352 e. The van der Waals surface area contributed by atoms with Crippen LogP contribution in [-0.4, -0.2) is 16.1 Å². The molecule has 0 unspecified atom stereocenters. The van der Waals surface area contributed by atoms with Gasteiger partial charge >= 0.3 is 5.97 Å². The number of H-pyrrole nitrogens is 1. The SMILES string of the molecule is O=C(O)c1cc2c(Cl)ccc(Cc3ccccc3)c2[nH]1. The number of hydrogen-bond acceptors (Lipinski definition) is 1. The molecule has 0 atom stereocenters. The highest BCUT2D eigenvalue weighted by molar-refractivity contribution is 6.35. The van der Waals surface area contributed by atoms with E-state index in [1.807, 2.05) is 42.5 Å². The fraction of sp³-hybridized carbons (Fsp3) is 0.0625.